The van der Waals surface area contributed by atoms with Gasteiger partial charge in [0.25, 0.3) is 5.91 Å². The van der Waals surface area contributed by atoms with E-state index in [0.717, 1.165) is 11.1 Å². The molecule has 2 aromatic rings. The SMILES string of the molecule is COc1cc(N)ccc1C(=O)N[C@@H](C)c1ccccc1C. The first-order chi connectivity index (χ1) is 10.0. The average Bonchev–Trinajstić information content (AvgIpc) is 2.47. The summed E-state index contributed by atoms with van der Waals surface area (Å²) in [6.45, 7) is 3.99. The van der Waals surface area contributed by atoms with E-state index >= 15 is 0 Å². The quantitative estimate of drug-likeness (QED) is 0.848. The van der Waals surface area contributed by atoms with Crippen LogP contribution in [0.25, 0.3) is 0 Å². The minimum absolute atomic E-state index is 0.0824. The fourth-order valence-electron chi connectivity index (χ4n) is 2.32. The summed E-state index contributed by atoms with van der Waals surface area (Å²) in [6, 6.07) is 12.9. The van der Waals surface area contributed by atoms with Gasteiger partial charge in [-0.25, -0.2) is 0 Å². The lowest BCUT2D eigenvalue weighted by molar-refractivity contribution is 0.0937. The highest BCUT2D eigenvalue weighted by molar-refractivity contribution is 5.97. The standard InChI is InChI=1S/C17H20N2O2/c1-11-6-4-5-7-14(11)12(2)19-17(20)15-9-8-13(18)10-16(15)21-3/h4-10,12H,18H2,1-3H3,(H,19,20)/t12-/m0/s1. The molecule has 4 nitrogen and oxygen atoms in total. The first-order valence-corrected chi connectivity index (χ1v) is 6.83. The van der Waals surface area contributed by atoms with Crippen LogP contribution in [-0.2, 0) is 0 Å². The molecule has 0 heterocycles. The summed E-state index contributed by atoms with van der Waals surface area (Å²) in [7, 11) is 1.52. The summed E-state index contributed by atoms with van der Waals surface area (Å²) in [5.41, 5.74) is 8.99. The van der Waals surface area contributed by atoms with Crippen LogP contribution < -0.4 is 15.8 Å². The second-order valence-electron chi connectivity index (χ2n) is 5.01. The number of amides is 1. The molecule has 4 heteroatoms. The Morgan fingerprint density at radius 1 is 1.24 bits per heavy atom. The van der Waals surface area contributed by atoms with Gasteiger partial charge in [-0.1, -0.05) is 24.3 Å². The number of benzene rings is 2. The van der Waals surface area contributed by atoms with Crippen LogP contribution in [0.2, 0.25) is 0 Å². The van der Waals surface area contributed by atoms with Gasteiger partial charge in [0.1, 0.15) is 5.75 Å². The second kappa shape index (κ2) is 6.31. The van der Waals surface area contributed by atoms with Crippen molar-refractivity contribution in [2.45, 2.75) is 19.9 Å². The van der Waals surface area contributed by atoms with E-state index in [0.29, 0.717) is 17.0 Å². The number of methoxy groups -OCH3 is 1. The number of nitrogens with two attached hydrogens (primary N) is 1. The summed E-state index contributed by atoms with van der Waals surface area (Å²) in [5, 5.41) is 2.99. The Morgan fingerprint density at radius 3 is 2.62 bits per heavy atom. The van der Waals surface area contributed by atoms with Crippen molar-refractivity contribution in [3.8, 4) is 5.75 Å². The van der Waals surface area contributed by atoms with Gasteiger partial charge in [0.2, 0.25) is 0 Å². The number of rotatable bonds is 4. The summed E-state index contributed by atoms with van der Waals surface area (Å²) < 4.78 is 5.22. The van der Waals surface area contributed by atoms with Crippen LogP contribution in [0.5, 0.6) is 5.75 Å². The van der Waals surface area contributed by atoms with Gasteiger partial charge in [0.15, 0.2) is 0 Å². The maximum absolute atomic E-state index is 12.4. The lowest BCUT2D eigenvalue weighted by Gasteiger charge is -2.17. The molecule has 0 unspecified atom stereocenters. The predicted molar refractivity (Wildman–Crippen MR) is 84.5 cm³/mol. The highest BCUT2D eigenvalue weighted by Crippen LogP contribution is 2.23. The Balaban J connectivity index is 2.20. The molecule has 0 bridgehead atoms. The summed E-state index contributed by atoms with van der Waals surface area (Å²) >= 11 is 0. The molecule has 0 aliphatic rings. The molecular formula is C17H20N2O2. The number of nitrogens with one attached hydrogen (secondary N) is 1. The Labute approximate surface area is 124 Å². The average molecular weight is 284 g/mol. The van der Waals surface area contributed by atoms with Gasteiger partial charge in [-0.2, -0.15) is 0 Å². The summed E-state index contributed by atoms with van der Waals surface area (Å²) in [4.78, 5) is 12.4. The molecule has 3 N–H and O–H groups in total. The van der Waals surface area contributed by atoms with E-state index in [1.54, 1.807) is 18.2 Å². The monoisotopic (exact) mass is 284 g/mol. The van der Waals surface area contributed by atoms with Crippen molar-refractivity contribution < 1.29 is 9.53 Å². The van der Waals surface area contributed by atoms with Crippen molar-refractivity contribution in [1.29, 1.82) is 0 Å². The molecule has 0 aliphatic carbocycles. The van der Waals surface area contributed by atoms with Crippen LogP contribution in [-0.4, -0.2) is 13.0 Å². The highest BCUT2D eigenvalue weighted by atomic mass is 16.5. The number of nitrogen functional groups attached to an aromatic ring is 1. The molecule has 2 aromatic carbocycles. The van der Waals surface area contributed by atoms with E-state index in [-0.39, 0.29) is 11.9 Å². The van der Waals surface area contributed by atoms with Gasteiger partial charge >= 0.3 is 0 Å². The Bertz CT molecular complexity index is 653. The molecule has 21 heavy (non-hydrogen) atoms. The van der Waals surface area contributed by atoms with Crippen molar-refractivity contribution >= 4 is 11.6 Å². The van der Waals surface area contributed by atoms with Crippen LogP contribution in [0.15, 0.2) is 42.5 Å². The van der Waals surface area contributed by atoms with Gasteiger partial charge in [-0.3, -0.25) is 4.79 Å². The molecule has 0 spiro atoms. The van der Waals surface area contributed by atoms with Crippen LogP contribution in [0.4, 0.5) is 5.69 Å². The second-order valence-corrected chi connectivity index (χ2v) is 5.01. The van der Waals surface area contributed by atoms with E-state index in [1.807, 2.05) is 38.1 Å². The van der Waals surface area contributed by atoms with Crippen LogP contribution >= 0.6 is 0 Å². The predicted octanol–water partition coefficient (Wildman–Crippen LogP) is 3.08. The first-order valence-electron chi connectivity index (χ1n) is 6.83. The third-order valence-electron chi connectivity index (χ3n) is 3.47. The van der Waals surface area contributed by atoms with Gasteiger partial charge in [-0.05, 0) is 37.1 Å². The number of anilines is 1. The van der Waals surface area contributed by atoms with E-state index in [2.05, 4.69) is 5.32 Å². The van der Waals surface area contributed by atoms with Gasteiger partial charge in [0, 0.05) is 11.8 Å². The van der Waals surface area contributed by atoms with Crippen molar-refractivity contribution in [3.05, 3.63) is 59.2 Å². The zero-order valence-electron chi connectivity index (χ0n) is 12.5. The largest absolute Gasteiger partial charge is 0.496 e. The Kier molecular flexibility index (Phi) is 4.48. The van der Waals surface area contributed by atoms with Crippen LogP contribution in [0.3, 0.4) is 0 Å². The number of ether oxygens (including phenoxy) is 1. The normalized spacial score (nSPS) is 11.8. The maximum atomic E-state index is 12.4. The molecule has 0 radical (unpaired) electrons. The summed E-state index contributed by atoms with van der Waals surface area (Å²) in [6.07, 6.45) is 0. The third kappa shape index (κ3) is 3.34. The zero-order chi connectivity index (χ0) is 15.4. The van der Waals surface area contributed by atoms with Crippen LogP contribution in [0, 0.1) is 6.92 Å². The van der Waals surface area contributed by atoms with E-state index in [4.69, 9.17) is 10.5 Å². The number of aryl methyl sites for hydroxylation is 1. The smallest absolute Gasteiger partial charge is 0.255 e. The molecule has 2 rings (SSSR count). The number of hydrogen-bond acceptors (Lipinski definition) is 3. The van der Waals surface area contributed by atoms with Crippen LogP contribution in [0.1, 0.15) is 34.5 Å². The lowest BCUT2D eigenvalue weighted by atomic mass is 10.0. The molecule has 110 valence electrons. The molecule has 0 saturated heterocycles. The van der Waals surface area contributed by atoms with Crippen molar-refractivity contribution in [2.24, 2.45) is 0 Å². The van der Waals surface area contributed by atoms with E-state index < -0.39 is 0 Å². The third-order valence-corrected chi connectivity index (χ3v) is 3.47. The highest BCUT2D eigenvalue weighted by Gasteiger charge is 2.16. The molecule has 1 amide bonds. The Morgan fingerprint density at radius 2 is 1.95 bits per heavy atom. The molecule has 1 atom stereocenters. The zero-order valence-corrected chi connectivity index (χ0v) is 12.5. The van der Waals surface area contributed by atoms with E-state index in [1.165, 1.54) is 7.11 Å². The van der Waals surface area contributed by atoms with Crippen molar-refractivity contribution in [3.63, 3.8) is 0 Å². The maximum Gasteiger partial charge on any atom is 0.255 e. The van der Waals surface area contributed by atoms with Crippen molar-refractivity contribution in [1.82, 2.24) is 5.32 Å². The summed E-state index contributed by atoms with van der Waals surface area (Å²) in [5.74, 6) is 0.298. The van der Waals surface area contributed by atoms with Gasteiger partial charge < -0.3 is 15.8 Å². The van der Waals surface area contributed by atoms with Crippen molar-refractivity contribution in [2.75, 3.05) is 12.8 Å². The van der Waals surface area contributed by atoms with Gasteiger partial charge in [-0.15, -0.1) is 0 Å². The molecular weight excluding hydrogens is 264 g/mol. The molecule has 0 saturated carbocycles. The number of carbonyl (C=O) groups is 1. The topological polar surface area (TPSA) is 64.3 Å². The first kappa shape index (κ1) is 14.9. The van der Waals surface area contributed by atoms with E-state index in [9.17, 15) is 4.79 Å². The fraction of sp³-hybridized carbons (Fsp3) is 0.235. The van der Waals surface area contributed by atoms with Gasteiger partial charge in [0.05, 0.1) is 18.7 Å². The minimum atomic E-state index is -0.178. The number of carbonyl (C=O) groups excluding carboxylic acids is 1. The number of hydrogen-bond donors (Lipinski definition) is 2. The molecule has 0 aliphatic heterocycles. The fourth-order valence-corrected chi connectivity index (χ4v) is 2.32. The Hall–Kier alpha value is -2.49. The minimum Gasteiger partial charge on any atom is -0.496 e. The lowest BCUT2D eigenvalue weighted by Crippen LogP contribution is -2.27. The molecule has 0 aromatic heterocycles. The molecule has 0 fully saturated rings.